The molecule has 8 atom stereocenters. The molecule has 0 bridgehead atoms. The second-order valence-corrected chi connectivity index (χ2v) is 20.4. The third-order valence-electron chi connectivity index (χ3n) is 13.0. The van der Waals surface area contributed by atoms with Crippen LogP contribution in [0.2, 0.25) is 0 Å². The van der Waals surface area contributed by atoms with E-state index in [4.69, 9.17) is 62.4 Å². The topological polar surface area (TPSA) is 260 Å². The Kier molecular flexibility index (Phi) is 23.9. The van der Waals surface area contributed by atoms with Crippen molar-refractivity contribution < 1.29 is 81.1 Å². The number of rotatable bonds is 21. The average molecular weight is 1150 g/mol. The number of carboxylic acid groups (broad SMARTS) is 1. The number of esters is 2. The second-order valence-electron chi connectivity index (χ2n) is 20.4. The number of carbonyl (C=O) groups excluding carboxylic acids is 3. The van der Waals surface area contributed by atoms with Gasteiger partial charge in [0.05, 0.1) is 43.1 Å². The third kappa shape index (κ3) is 18.8. The lowest BCUT2D eigenvalue weighted by Crippen LogP contribution is -2.38. The van der Waals surface area contributed by atoms with Crippen LogP contribution in [-0.2, 0) is 37.9 Å². The van der Waals surface area contributed by atoms with Crippen LogP contribution in [0.25, 0.3) is 22.6 Å². The fourth-order valence-electron chi connectivity index (χ4n) is 9.25. The Morgan fingerprint density at radius 3 is 2.07 bits per heavy atom. The number of aromatic carboxylic acids is 1. The summed E-state index contributed by atoms with van der Waals surface area (Å²) in [5, 5.41) is 16.6. The number of hydrogen-bond acceptors (Lipinski definition) is 17. The van der Waals surface area contributed by atoms with Crippen molar-refractivity contribution in [3.63, 3.8) is 0 Å². The van der Waals surface area contributed by atoms with Crippen LogP contribution in [0.5, 0.6) is 23.0 Å². The fraction of sp³-hybridized carbons (Fsp3) is 0.419. The molecule has 444 valence electrons. The molecule has 3 aliphatic rings. The number of carbonyl (C=O) groups is 4. The number of nitrogens with one attached hydrogen (secondary N) is 1. The Hall–Kier alpha value is -8.01. The summed E-state index contributed by atoms with van der Waals surface area (Å²) < 4.78 is 68.8. The Balaban J connectivity index is 0.000000267. The van der Waals surface area contributed by atoms with Crippen LogP contribution in [0, 0.1) is 0 Å². The summed E-state index contributed by atoms with van der Waals surface area (Å²) >= 11 is 0. The van der Waals surface area contributed by atoms with E-state index in [9.17, 15) is 24.3 Å². The van der Waals surface area contributed by atoms with Crippen molar-refractivity contribution in [3.8, 4) is 23.0 Å². The highest BCUT2D eigenvalue weighted by molar-refractivity contribution is 6.01. The minimum absolute atomic E-state index is 0.0258. The summed E-state index contributed by atoms with van der Waals surface area (Å²) in [6, 6.07) is 23.4. The maximum Gasteiger partial charge on any atom is 0.340 e. The molecular formula is C62H74N4O17. The smallest absolute Gasteiger partial charge is 0.340 e. The van der Waals surface area contributed by atoms with E-state index in [-0.39, 0.29) is 42.9 Å². The van der Waals surface area contributed by atoms with Crippen LogP contribution in [0.3, 0.4) is 0 Å². The molecule has 5 unspecified atom stereocenters. The second kappa shape index (κ2) is 30.9. The Morgan fingerprint density at radius 1 is 0.807 bits per heavy atom. The molecule has 2 N–H and O–H groups in total. The van der Waals surface area contributed by atoms with Crippen LogP contribution in [0.4, 0.5) is 0 Å². The number of nitrogens with zero attached hydrogens (tertiary/aromatic N) is 3. The highest BCUT2D eigenvalue weighted by Gasteiger charge is 2.47. The van der Waals surface area contributed by atoms with E-state index in [0.717, 1.165) is 0 Å². The number of benzene rings is 4. The SMILES string of the molecule is COCOc1cc(OC)cc(/C=C/C[C@@H]2OC(C)(C)OC2C(/C=C\C[C@H](C)N=[N+]=[N-])OC(=O)c2ccccc2)c1C(=O)O.COCOc1cc(OC)cc2c1C(=O)NC(C)C/C=C\C(OC(=O)c1ccccc1)C1OC(C)(C)O[C@H]1C/C=C/2. The molecular weight excluding hydrogens is 1070 g/mol. The lowest BCUT2D eigenvalue weighted by Gasteiger charge is -2.25. The highest BCUT2D eigenvalue weighted by atomic mass is 16.8. The predicted molar refractivity (Wildman–Crippen MR) is 307 cm³/mol. The van der Waals surface area contributed by atoms with Gasteiger partial charge in [-0.2, -0.15) is 0 Å². The van der Waals surface area contributed by atoms with Gasteiger partial charge in [-0.05, 0) is 126 Å². The van der Waals surface area contributed by atoms with Crippen molar-refractivity contribution in [3.05, 3.63) is 165 Å². The van der Waals surface area contributed by atoms with Crippen molar-refractivity contribution in [2.24, 2.45) is 5.11 Å². The monoisotopic (exact) mass is 1150 g/mol. The van der Waals surface area contributed by atoms with Gasteiger partial charge >= 0.3 is 17.9 Å². The zero-order valence-electron chi connectivity index (χ0n) is 48.4. The van der Waals surface area contributed by atoms with E-state index in [1.54, 1.807) is 125 Å². The molecule has 4 aromatic carbocycles. The molecule has 0 radical (unpaired) electrons. The van der Waals surface area contributed by atoms with Gasteiger partial charge < -0.3 is 67.3 Å². The third-order valence-corrected chi connectivity index (χ3v) is 13.0. The fourth-order valence-corrected chi connectivity index (χ4v) is 9.25. The lowest BCUT2D eigenvalue weighted by atomic mass is 10.00. The zero-order chi connectivity index (χ0) is 60.1. The normalized spacial score (nSPS) is 22.4. The van der Waals surface area contributed by atoms with E-state index in [0.29, 0.717) is 70.7 Å². The zero-order valence-corrected chi connectivity index (χ0v) is 48.4. The maximum absolute atomic E-state index is 13.5. The van der Waals surface area contributed by atoms with Crippen molar-refractivity contribution in [1.29, 1.82) is 0 Å². The number of azide groups is 1. The van der Waals surface area contributed by atoms with Gasteiger partial charge in [0.2, 0.25) is 0 Å². The molecule has 3 heterocycles. The Labute approximate surface area is 483 Å². The van der Waals surface area contributed by atoms with E-state index >= 15 is 0 Å². The van der Waals surface area contributed by atoms with Gasteiger partial charge in [-0.3, -0.25) is 4.79 Å². The average Bonchev–Trinajstić information content (AvgIpc) is 3.93. The first kappa shape index (κ1) is 64.2. The van der Waals surface area contributed by atoms with Crippen molar-refractivity contribution >= 4 is 36.0 Å². The van der Waals surface area contributed by atoms with Crippen LogP contribution in [0.1, 0.15) is 120 Å². The maximum atomic E-state index is 13.5. The Bertz CT molecular complexity index is 2990. The molecule has 3 aliphatic heterocycles. The van der Waals surface area contributed by atoms with Crippen LogP contribution in [-0.4, -0.2) is 131 Å². The lowest BCUT2D eigenvalue weighted by molar-refractivity contribution is -0.153. The van der Waals surface area contributed by atoms with E-state index in [1.807, 2.05) is 51.1 Å². The minimum atomic E-state index is -1.18. The van der Waals surface area contributed by atoms with Crippen LogP contribution >= 0.6 is 0 Å². The molecule has 0 spiro atoms. The quantitative estimate of drug-likeness (QED) is 0.0196. The summed E-state index contributed by atoms with van der Waals surface area (Å²) in [5.41, 5.74) is 10.8. The van der Waals surface area contributed by atoms with Gasteiger partial charge in [0.15, 0.2) is 25.2 Å². The summed E-state index contributed by atoms with van der Waals surface area (Å²) in [4.78, 5) is 54.4. The number of hydrogen-bond donors (Lipinski definition) is 2. The summed E-state index contributed by atoms with van der Waals surface area (Å²) in [7, 11) is 5.97. The summed E-state index contributed by atoms with van der Waals surface area (Å²) in [6.07, 6.45) is 12.2. The summed E-state index contributed by atoms with van der Waals surface area (Å²) in [5.74, 6) is -2.95. The molecule has 7 rings (SSSR count). The van der Waals surface area contributed by atoms with Crippen molar-refractivity contribution in [2.45, 2.75) is 128 Å². The molecule has 83 heavy (non-hydrogen) atoms. The largest absolute Gasteiger partial charge is 0.497 e. The standard InChI is InChI=1S/C31H37N3O9.C31H37NO8/c1-20(33-34-32)11-9-15-24(41-30(37)21-12-7-6-8-13-21)28-25(42-31(2,3)43-28)16-10-14-22-17-23(39-5)18-26(40-19-38-4)27(22)29(35)36;1-20-11-9-15-24(38-30(34)21-12-7-6-8-13-21)28-25(39-31(2,3)40-28)16-10-14-22-17-23(36-5)18-26(37-19-35-4)27(22)29(33)32-20/h6-10,12-15,17-18,20,24-25,28H,11,16,19H2,1-5H3,(H,35,36);6-10,12-15,17-18,20,24-25,28H,11,16,19H2,1-5H3,(H,32,33)/b2*14-10+,15-9-/t20-,24?,25-,28?;20?,24?,25-,28?/m00/s1. The van der Waals surface area contributed by atoms with Gasteiger partial charge in [0.1, 0.15) is 53.0 Å². The highest BCUT2D eigenvalue weighted by Crippen LogP contribution is 2.37. The number of fused-ring (bicyclic) bond motifs is 2. The van der Waals surface area contributed by atoms with Gasteiger partial charge in [0.25, 0.3) is 5.91 Å². The molecule has 0 aromatic heterocycles. The van der Waals surface area contributed by atoms with E-state index in [1.165, 1.54) is 27.4 Å². The van der Waals surface area contributed by atoms with Crippen molar-refractivity contribution in [2.75, 3.05) is 42.0 Å². The molecule has 0 aliphatic carbocycles. The van der Waals surface area contributed by atoms with E-state index < -0.39 is 66.1 Å². The molecule has 4 aromatic rings. The Morgan fingerprint density at radius 2 is 1.43 bits per heavy atom. The van der Waals surface area contributed by atoms with Gasteiger partial charge in [0, 0.05) is 43.3 Å². The number of carboxylic acids is 1. The molecule has 21 nitrogen and oxygen atoms in total. The van der Waals surface area contributed by atoms with Gasteiger partial charge in [-0.1, -0.05) is 84.9 Å². The van der Waals surface area contributed by atoms with Gasteiger partial charge in [-0.15, -0.1) is 0 Å². The predicted octanol–water partition coefficient (Wildman–Crippen LogP) is 11.1. The van der Waals surface area contributed by atoms with Gasteiger partial charge in [-0.25, -0.2) is 14.4 Å². The number of ether oxygens (including phenoxy) is 12. The van der Waals surface area contributed by atoms with Crippen LogP contribution in [0.15, 0.2) is 126 Å². The summed E-state index contributed by atoms with van der Waals surface area (Å²) in [6.45, 7) is 10.7. The molecule has 2 saturated heterocycles. The minimum Gasteiger partial charge on any atom is -0.497 e. The number of methoxy groups -OCH3 is 4. The molecule has 0 saturated carbocycles. The van der Waals surface area contributed by atoms with E-state index in [2.05, 4.69) is 15.3 Å². The first-order valence-corrected chi connectivity index (χ1v) is 26.9. The van der Waals surface area contributed by atoms with Crippen molar-refractivity contribution in [1.82, 2.24) is 5.32 Å². The molecule has 2 fully saturated rings. The number of amides is 1. The first-order valence-electron chi connectivity index (χ1n) is 26.9. The van der Waals surface area contributed by atoms with Crippen LogP contribution < -0.4 is 24.3 Å². The first-order chi connectivity index (χ1) is 39.8. The molecule has 1 amide bonds. The molecule has 21 heteroatoms.